The molecule has 0 saturated carbocycles. The molecule has 0 radical (unpaired) electrons. The summed E-state index contributed by atoms with van der Waals surface area (Å²) >= 11 is 0. The largest absolute Gasteiger partial charge is 0.459 e. The number of carbonyl (C=O) groups is 2. The highest BCUT2D eigenvalue weighted by Crippen LogP contribution is 2.25. The average Bonchev–Trinajstić information content (AvgIpc) is 2.58. The van der Waals surface area contributed by atoms with Gasteiger partial charge < -0.3 is 20.9 Å². The smallest absolute Gasteiger partial charge is 0.321 e. The summed E-state index contributed by atoms with van der Waals surface area (Å²) in [5.41, 5.74) is 13.5. The van der Waals surface area contributed by atoms with Crippen LogP contribution in [0.5, 0.6) is 0 Å². The maximum Gasteiger partial charge on any atom is 0.321 e. The molecule has 2 aromatic rings. The molecule has 162 valence electrons. The van der Waals surface area contributed by atoms with Gasteiger partial charge in [0.25, 0.3) is 0 Å². The van der Waals surface area contributed by atoms with E-state index in [1.54, 1.807) is 32.9 Å². The van der Waals surface area contributed by atoms with Crippen LogP contribution in [0.25, 0.3) is 11.1 Å². The summed E-state index contributed by atoms with van der Waals surface area (Å²) in [6.45, 7) is 10.6. The molecule has 6 heteroatoms. The molecule has 2 aromatic carbocycles. The first-order chi connectivity index (χ1) is 13.8. The minimum absolute atomic E-state index is 0.353. The Hall–Kier alpha value is -2.70. The van der Waals surface area contributed by atoms with E-state index in [9.17, 15) is 9.59 Å². The van der Waals surface area contributed by atoms with Crippen molar-refractivity contribution >= 4 is 17.4 Å². The van der Waals surface area contributed by atoms with Gasteiger partial charge >= 0.3 is 5.97 Å². The lowest BCUT2D eigenvalue weighted by Gasteiger charge is -2.30. The highest BCUT2D eigenvalue weighted by atomic mass is 16.6. The fourth-order valence-electron chi connectivity index (χ4n) is 2.96. The number of nitrogens with two attached hydrogens (primary N) is 2. The summed E-state index contributed by atoms with van der Waals surface area (Å²) in [5, 5.41) is 0. The molecular formula is C24H32N2O4. The Morgan fingerprint density at radius 2 is 1.47 bits per heavy atom. The molecule has 0 aliphatic heterocycles. The Balaban J connectivity index is 2.33. The molecule has 2 unspecified atom stereocenters. The van der Waals surface area contributed by atoms with Crippen molar-refractivity contribution in [1.29, 1.82) is 0 Å². The number of benzene rings is 2. The van der Waals surface area contributed by atoms with Crippen molar-refractivity contribution in [2.45, 2.75) is 59.0 Å². The maximum atomic E-state index is 13.2. The molecule has 0 spiro atoms. The predicted octanol–water partition coefficient (Wildman–Crippen LogP) is 4.18. The number of ether oxygens (including phenoxy) is 2. The van der Waals surface area contributed by atoms with Gasteiger partial charge in [0.2, 0.25) is 0 Å². The van der Waals surface area contributed by atoms with E-state index < -0.39 is 35.1 Å². The van der Waals surface area contributed by atoms with Crippen molar-refractivity contribution in [2.24, 2.45) is 11.7 Å². The van der Waals surface area contributed by atoms with Gasteiger partial charge in [0.15, 0.2) is 11.7 Å². The number of hydrogen-bond acceptors (Lipinski definition) is 6. The lowest BCUT2D eigenvalue weighted by atomic mass is 9.93. The number of Topliss-reactive ketones (excluding diaryl/α,β-unsaturated/α-hetero) is 1. The molecule has 0 amide bonds. The van der Waals surface area contributed by atoms with Crippen LogP contribution in [-0.4, -0.2) is 29.2 Å². The van der Waals surface area contributed by atoms with Crippen molar-refractivity contribution < 1.29 is 19.1 Å². The second-order valence-corrected chi connectivity index (χ2v) is 9.27. The topological polar surface area (TPSA) is 105 Å². The highest BCUT2D eigenvalue weighted by molar-refractivity contribution is 6.09. The zero-order chi connectivity index (χ0) is 22.7. The van der Waals surface area contributed by atoms with E-state index in [0.717, 1.165) is 11.1 Å². The van der Waals surface area contributed by atoms with Gasteiger partial charge in [-0.25, -0.2) is 0 Å². The molecule has 2 atom stereocenters. The van der Waals surface area contributed by atoms with E-state index in [2.05, 4.69) is 0 Å². The van der Waals surface area contributed by atoms with Crippen molar-refractivity contribution in [3.63, 3.8) is 0 Å². The van der Waals surface area contributed by atoms with Crippen LogP contribution in [0.3, 0.4) is 0 Å². The molecule has 0 aromatic heterocycles. The van der Waals surface area contributed by atoms with E-state index in [4.69, 9.17) is 20.9 Å². The van der Waals surface area contributed by atoms with Crippen LogP contribution in [0.15, 0.2) is 48.5 Å². The Labute approximate surface area is 178 Å². The second kappa shape index (κ2) is 8.98. The molecule has 30 heavy (non-hydrogen) atoms. The number of hydrogen-bond donors (Lipinski definition) is 2. The molecule has 2 rings (SSSR count). The van der Waals surface area contributed by atoms with E-state index in [1.165, 1.54) is 0 Å². The Morgan fingerprint density at radius 3 is 1.97 bits per heavy atom. The third-order valence-corrected chi connectivity index (χ3v) is 4.15. The maximum absolute atomic E-state index is 13.2. The zero-order valence-electron chi connectivity index (χ0n) is 18.6. The first-order valence-corrected chi connectivity index (χ1v) is 9.93. The minimum atomic E-state index is -1.28. The van der Waals surface area contributed by atoms with E-state index in [0.29, 0.717) is 11.3 Å². The quantitative estimate of drug-likeness (QED) is 0.242. The first-order valence-electron chi connectivity index (χ1n) is 9.93. The van der Waals surface area contributed by atoms with Crippen molar-refractivity contribution in [3.8, 4) is 11.1 Å². The van der Waals surface area contributed by atoms with Gasteiger partial charge in [-0.05, 0) is 64.8 Å². The zero-order valence-corrected chi connectivity index (χ0v) is 18.6. The molecule has 0 aliphatic rings. The monoisotopic (exact) mass is 412 g/mol. The van der Waals surface area contributed by atoms with E-state index in [1.807, 2.05) is 57.2 Å². The second-order valence-electron chi connectivity index (χ2n) is 9.27. The molecule has 0 saturated heterocycles. The van der Waals surface area contributed by atoms with E-state index in [-0.39, 0.29) is 0 Å². The van der Waals surface area contributed by atoms with Crippen LogP contribution in [-0.2, 0) is 14.3 Å². The van der Waals surface area contributed by atoms with Gasteiger partial charge in [-0.15, -0.1) is 0 Å². The number of rotatable bonds is 6. The van der Waals surface area contributed by atoms with Crippen LogP contribution in [0.1, 0.15) is 51.9 Å². The molecule has 6 nitrogen and oxygen atoms in total. The van der Waals surface area contributed by atoms with Gasteiger partial charge in [-0.3, -0.25) is 9.59 Å². The van der Waals surface area contributed by atoms with Crippen molar-refractivity contribution in [1.82, 2.24) is 0 Å². The van der Waals surface area contributed by atoms with Gasteiger partial charge in [0.05, 0.1) is 5.60 Å². The number of nitrogen functional groups attached to an aromatic ring is 1. The molecule has 0 heterocycles. The summed E-state index contributed by atoms with van der Waals surface area (Å²) in [5.74, 6) is -2.43. The fraction of sp³-hybridized carbons (Fsp3) is 0.417. The molecular weight excluding hydrogens is 380 g/mol. The number of ketones is 1. The van der Waals surface area contributed by atoms with Gasteiger partial charge in [-0.2, -0.15) is 0 Å². The van der Waals surface area contributed by atoms with Crippen LogP contribution < -0.4 is 11.5 Å². The molecule has 0 bridgehead atoms. The van der Waals surface area contributed by atoms with Crippen LogP contribution in [0.4, 0.5) is 5.69 Å². The Morgan fingerprint density at radius 1 is 0.867 bits per heavy atom. The average molecular weight is 413 g/mol. The number of carbonyl (C=O) groups excluding carboxylic acids is 2. The lowest BCUT2D eigenvalue weighted by Crippen LogP contribution is -2.48. The van der Waals surface area contributed by atoms with Crippen LogP contribution >= 0.6 is 0 Å². The lowest BCUT2D eigenvalue weighted by molar-refractivity contribution is -0.166. The highest BCUT2D eigenvalue weighted by Gasteiger charge is 2.39. The molecule has 0 fully saturated rings. The fourth-order valence-corrected chi connectivity index (χ4v) is 2.96. The third-order valence-electron chi connectivity index (χ3n) is 4.15. The molecule has 4 N–H and O–H groups in total. The van der Waals surface area contributed by atoms with Crippen LogP contribution in [0, 0.1) is 5.92 Å². The summed E-state index contributed by atoms with van der Waals surface area (Å²) in [4.78, 5) is 26.0. The minimum Gasteiger partial charge on any atom is -0.459 e. The Kier molecular flexibility index (Phi) is 7.06. The standard InChI is InChI=1S/C24H32N2O4/c1-23(2,3)29-21(26)19(22(28)30-24(4,5)6)20(27)16-12-10-15(11-13-16)17-8-7-9-18(25)14-17/h7-14,19,21H,25-26H2,1-6H3. The summed E-state index contributed by atoms with van der Waals surface area (Å²) in [6, 6.07) is 14.4. The van der Waals surface area contributed by atoms with Crippen LogP contribution in [0.2, 0.25) is 0 Å². The van der Waals surface area contributed by atoms with Crippen molar-refractivity contribution in [2.75, 3.05) is 5.73 Å². The van der Waals surface area contributed by atoms with Crippen molar-refractivity contribution in [3.05, 3.63) is 54.1 Å². The summed E-state index contributed by atoms with van der Waals surface area (Å²) in [6.07, 6.45) is -1.14. The summed E-state index contributed by atoms with van der Waals surface area (Å²) < 4.78 is 11.2. The molecule has 0 aliphatic carbocycles. The number of anilines is 1. The third kappa shape index (κ3) is 6.68. The van der Waals surface area contributed by atoms with Gasteiger partial charge in [0.1, 0.15) is 11.8 Å². The Bertz CT molecular complexity index is 893. The number of esters is 1. The van der Waals surface area contributed by atoms with E-state index >= 15 is 0 Å². The SMILES string of the molecule is CC(C)(C)OC(=O)C(C(=O)c1ccc(-c2cccc(N)c2)cc1)C(N)OC(C)(C)C. The van der Waals surface area contributed by atoms with Gasteiger partial charge in [0, 0.05) is 11.3 Å². The van der Waals surface area contributed by atoms with Gasteiger partial charge in [-0.1, -0.05) is 36.4 Å². The predicted molar refractivity (Wildman–Crippen MR) is 119 cm³/mol. The summed E-state index contributed by atoms with van der Waals surface area (Å²) in [7, 11) is 0. The normalized spacial score (nSPS) is 14.1. The first kappa shape index (κ1) is 23.6.